The van der Waals surface area contributed by atoms with Crippen molar-refractivity contribution >= 4 is 45.9 Å². The van der Waals surface area contributed by atoms with Gasteiger partial charge in [-0.2, -0.15) is 0 Å². The van der Waals surface area contributed by atoms with Crippen LogP contribution >= 0.6 is 39.9 Å². The molecule has 8 heteroatoms. The lowest BCUT2D eigenvalue weighted by Crippen LogP contribution is -2.39. The molecular formula is C19H28BrIN4O2. The number of hydrogen-bond donors (Lipinski definition) is 2. The fourth-order valence-electron chi connectivity index (χ4n) is 2.64. The molecule has 0 fully saturated rings. The van der Waals surface area contributed by atoms with Gasteiger partial charge < -0.3 is 24.6 Å². The number of hydrogen-bond acceptors (Lipinski definition) is 3. The van der Waals surface area contributed by atoms with Gasteiger partial charge in [0.1, 0.15) is 5.75 Å². The van der Waals surface area contributed by atoms with E-state index in [2.05, 4.69) is 36.9 Å². The van der Waals surface area contributed by atoms with Crippen LogP contribution in [0.4, 0.5) is 0 Å². The fraction of sp³-hybridized carbons (Fsp3) is 0.421. The quantitative estimate of drug-likeness (QED) is 0.314. The van der Waals surface area contributed by atoms with Crippen LogP contribution in [-0.4, -0.2) is 47.8 Å². The molecule has 150 valence electrons. The molecule has 2 N–H and O–H groups in total. The van der Waals surface area contributed by atoms with Gasteiger partial charge in [0.15, 0.2) is 5.96 Å². The second kappa shape index (κ2) is 11.6. The monoisotopic (exact) mass is 550 g/mol. The van der Waals surface area contributed by atoms with Crippen LogP contribution in [0, 0.1) is 0 Å². The zero-order valence-corrected chi connectivity index (χ0v) is 20.1. The van der Waals surface area contributed by atoms with Crippen molar-refractivity contribution in [2.75, 3.05) is 27.2 Å². The highest BCUT2D eigenvalue weighted by Gasteiger charge is 2.12. The van der Waals surface area contributed by atoms with Gasteiger partial charge in [0.2, 0.25) is 0 Å². The first-order chi connectivity index (χ1) is 12.4. The van der Waals surface area contributed by atoms with Gasteiger partial charge in [-0.3, -0.25) is 4.99 Å². The normalized spacial score (nSPS) is 12.3. The van der Waals surface area contributed by atoms with Crippen molar-refractivity contribution in [2.24, 2.45) is 12.0 Å². The molecule has 1 unspecified atom stereocenters. The summed E-state index contributed by atoms with van der Waals surface area (Å²) in [4.78, 5) is 6.64. The Bertz CT molecular complexity index is 751. The highest BCUT2D eigenvalue weighted by Crippen LogP contribution is 2.19. The highest BCUT2D eigenvalue weighted by atomic mass is 127. The molecule has 1 heterocycles. The van der Waals surface area contributed by atoms with E-state index in [0.29, 0.717) is 6.54 Å². The second-order valence-corrected chi connectivity index (χ2v) is 7.02. The number of aromatic nitrogens is 1. The highest BCUT2D eigenvalue weighted by molar-refractivity contribution is 14.0. The summed E-state index contributed by atoms with van der Waals surface area (Å²) in [6.45, 7) is 3.77. The molecule has 0 amide bonds. The van der Waals surface area contributed by atoms with Crippen molar-refractivity contribution in [1.29, 1.82) is 0 Å². The van der Waals surface area contributed by atoms with E-state index < -0.39 is 6.10 Å². The molecule has 0 aliphatic rings. The number of aliphatic hydroxyl groups is 1. The first kappa shape index (κ1) is 23.8. The zero-order chi connectivity index (χ0) is 19.1. The Morgan fingerprint density at radius 3 is 2.74 bits per heavy atom. The van der Waals surface area contributed by atoms with Crippen molar-refractivity contribution < 1.29 is 9.84 Å². The Labute approximate surface area is 186 Å². The maximum Gasteiger partial charge on any atom is 0.194 e. The number of nitrogens with zero attached hydrogens (tertiary/aromatic N) is 3. The molecule has 0 aliphatic carbocycles. The largest absolute Gasteiger partial charge is 0.497 e. The van der Waals surface area contributed by atoms with Gasteiger partial charge in [0.05, 0.1) is 26.3 Å². The molecule has 2 rings (SSSR count). The van der Waals surface area contributed by atoms with Crippen LogP contribution in [0.5, 0.6) is 5.75 Å². The predicted molar refractivity (Wildman–Crippen MR) is 124 cm³/mol. The summed E-state index contributed by atoms with van der Waals surface area (Å²) in [5, 5.41) is 13.7. The van der Waals surface area contributed by atoms with Crippen molar-refractivity contribution in [3.8, 4) is 5.75 Å². The van der Waals surface area contributed by atoms with Gasteiger partial charge in [-0.1, -0.05) is 12.1 Å². The van der Waals surface area contributed by atoms with Crippen LogP contribution in [0.3, 0.4) is 0 Å². The molecule has 0 spiro atoms. The van der Waals surface area contributed by atoms with Crippen molar-refractivity contribution in [1.82, 2.24) is 14.8 Å². The molecule has 0 saturated heterocycles. The Hall–Kier alpha value is -1.26. The summed E-state index contributed by atoms with van der Waals surface area (Å²) in [6, 6.07) is 9.52. The smallest absolute Gasteiger partial charge is 0.194 e. The third-order valence-electron chi connectivity index (χ3n) is 4.06. The number of rotatable bonds is 7. The summed E-state index contributed by atoms with van der Waals surface area (Å²) in [5.74, 6) is 1.48. The number of nitrogens with one attached hydrogen (secondary N) is 1. The van der Waals surface area contributed by atoms with Crippen LogP contribution in [0.15, 0.2) is 46.0 Å². The summed E-state index contributed by atoms with van der Waals surface area (Å²) in [5.41, 5.74) is 1.95. The number of ether oxygens (including phenoxy) is 1. The third kappa shape index (κ3) is 7.00. The van der Waals surface area contributed by atoms with Crippen LogP contribution in [-0.2, 0) is 13.6 Å². The van der Waals surface area contributed by atoms with E-state index in [0.717, 1.165) is 28.3 Å². The van der Waals surface area contributed by atoms with Gasteiger partial charge in [-0.25, -0.2) is 0 Å². The van der Waals surface area contributed by atoms with Crippen molar-refractivity contribution in [3.05, 3.63) is 52.3 Å². The Balaban J connectivity index is 0.00000364. The third-order valence-corrected chi connectivity index (χ3v) is 4.50. The average molecular weight is 551 g/mol. The van der Waals surface area contributed by atoms with Crippen LogP contribution in [0.2, 0.25) is 0 Å². The lowest BCUT2D eigenvalue weighted by atomic mass is 10.1. The molecule has 27 heavy (non-hydrogen) atoms. The van der Waals surface area contributed by atoms with E-state index in [-0.39, 0.29) is 30.5 Å². The Kier molecular flexibility index (Phi) is 10.2. The Morgan fingerprint density at radius 1 is 1.41 bits per heavy atom. The molecule has 1 aromatic carbocycles. The summed E-state index contributed by atoms with van der Waals surface area (Å²) >= 11 is 3.50. The van der Waals surface area contributed by atoms with Gasteiger partial charge in [-0.05, 0) is 46.6 Å². The number of guanidine groups is 1. The standard InChI is InChI=1S/C19H27BrN4O2.HI/c1-5-21-19(24(3)13-16-10-15(20)12-23(16)2)22-11-18(25)14-7-6-8-17(9-14)26-4;/h6-10,12,18,25H,5,11,13H2,1-4H3,(H,21,22);1H. The molecule has 0 aliphatic heterocycles. The van der Waals surface area contributed by atoms with E-state index in [4.69, 9.17) is 4.74 Å². The van der Waals surface area contributed by atoms with Gasteiger partial charge in [0.25, 0.3) is 0 Å². The average Bonchev–Trinajstić information content (AvgIpc) is 2.95. The maximum absolute atomic E-state index is 10.5. The van der Waals surface area contributed by atoms with Crippen LogP contribution in [0.25, 0.3) is 0 Å². The topological polar surface area (TPSA) is 62.0 Å². The molecular weight excluding hydrogens is 523 g/mol. The SMILES string of the molecule is CCNC(=NCC(O)c1cccc(OC)c1)N(C)Cc1cc(Br)cn1C.I. The molecule has 0 bridgehead atoms. The number of benzene rings is 1. The predicted octanol–water partition coefficient (Wildman–Crippen LogP) is 3.55. The number of aryl methyl sites for hydroxylation is 1. The van der Waals surface area contributed by atoms with Crippen molar-refractivity contribution in [2.45, 2.75) is 19.6 Å². The van der Waals surface area contributed by atoms with Crippen LogP contribution < -0.4 is 10.1 Å². The molecule has 1 atom stereocenters. The van der Waals surface area contributed by atoms with E-state index in [1.165, 1.54) is 5.69 Å². The lowest BCUT2D eigenvalue weighted by Gasteiger charge is -2.23. The van der Waals surface area contributed by atoms with Gasteiger partial charge in [0, 0.05) is 37.0 Å². The van der Waals surface area contributed by atoms with E-state index in [1.54, 1.807) is 7.11 Å². The second-order valence-electron chi connectivity index (χ2n) is 6.10. The molecule has 0 saturated carbocycles. The van der Waals surface area contributed by atoms with Gasteiger partial charge >= 0.3 is 0 Å². The number of halogens is 2. The minimum absolute atomic E-state index is 0. The van der Waals surface area contributed by atoms with Gasteiger partial charge in [-0.15, -0.1) is 24.0 Å². The fourth-order valence-corrected chi connectivity index (χ4v) is 3.21. The summed E-state index contributed by atoms with van der Waals surface area (Å²) in [7, 11) is 5.62. The molecule has 1 aromatic heterocycles. The van der Waals surface area contributed by atoms with E-state index in [1.807, 2.05) is 56.4 Å². The molecule has 0 radical (unpaired) electrons. The minimum Gasteiger partial charge on any atom is -0.497 e. The number of methoxy groups -OCH3 is 1. The molecule has 2 aromatic rings. The first-order valence-corrected chi connectivity index (χ1v) is 9.36. The van der Waals surface area contributed by atoms with Crippen LogP contribution in [0.1, 0.15) is 24.3 Å². The number of aliphatic hydroxyl groups excluding tert-OH is 1. The molecule has 6 nitrogen and oxygen atoms in total. The van der Waals surface area contributed by atoms with E-state index in [9.17, 15) is 5.11 Å². The minimum atomic E-state index is -0.684. The zero-order valence-electron chi connectivity index (χ0n) is 16.1. The summed E-state index contributed by atoms with van der Waals surface area (Å²) in [6.07, 6.45) is 1.34. The maximum atomic E-state index is 10.5. The van der Waals surface area contributed by atoms with Crippen molar-refractivity contribution in [3.63, 3.8) is 0 Å². The first-order valence-electron chi connectivity index (χ1n) is 8.56. The lowest BCUT2D eigenvalue weighted by molar-refractivity contribution is 0.186. The number of aliphatic imine (C=N–C) groups is 1. The van der Waals surface area contributed by atoms with E-state index >= 15 is 0 Å². The summed E-state index contributed by atoms with van der Waals surface area (Å²) < 4.78 is 8.35. The Morgan fingerprint density at radius 2 is 2.15 bits per heavy atom.